The van der Waals surface area contributed by atoms with Crippen molar-refractivity contribution in [3.63, 3.8) is 0 Å². The molecule has 0 N–H and O–H groups in total. The van der Waals surface area contributed by atoms with Crippen LogP contribution in [0, 0.1) is 0 Å². The van der Waals surface area contributed by atoms with Crippen molar-refractivity contribution in [1.29, 1.82) is 0 Å². The first-order valence-electron chi connectivity index (χ1n) is 8.54. The van der Waals surface area contributed by atoms with E-state index < -0.39 is 26.4 Å². The molecule has 0 bridgehead atoms. The Kier molecular flexibility index (Phi) is 18.7. The molecule has 0 fully saturated rings. The Labute approximate surface area is 157 Å². The van der Waals surface area contributed by atoms with E-state index >= 15 is 0 Å². The fourth-order valence-electron chi connectivity index (χ4n) is 2.84. The molecule has 23 heavy (non-hydrogen) atoms. The van der Waals surface area contributed by atoms with E-state index in [2.05, 4.69) is 0 Å². The van der Waals surface area contributed by atoms with E-state index in [1.807, 2.05) is 41.5 Å². The maximum absolute atomic E-state index is 10.9. The standard InChI is InChI=1S/2C8H17O2P.Zn/c2*1-4-7-8(5-2,6-3)11(9)10;/h2*4-7H2,1-3H3;/q;;+2. The Bertz CT molecular complexity index is 298. The normalized spacial score (nSPS) is 12.7. The summed E-state index contributed by atoms with van der Waals surface area (Å²) >= 11 is 0. The number of hydrogen-bond donors (Lipinski definition) is 0. The summed E-state index contributed by atoms with van der Waals surface area (Å²) < 4.78 is 21.8. The maximum Gasteiger partial charge on any atom is 2.00 e. The molecule has 0 spiro atoms. The van der Waals surface area contributed by atoms with Gasteiger partial charge in [-0.1, -0.05) is 63.5 Å². The molecule has 0 aliphatic rings. The van der Waals surface area contributed by atoms with E-state index in [1.165, 1.54) is 0 Å². The molecular weight excluding hydrogens is 384 g/mol. The Hall–Kier alpha value is 0.743. The summed E-state index contributed by atoms with van der Waals surface area (Å²) in [5.41, 5.74) is 0. The first-order valence-corrected chi connectivity index (χ1v) is 10.9. The van der Waals surface area contributed by atoms with Crippen LogP contribution < -0.4 is 9.79 Å². The Morgan fingerprint density at radius 3 is 0.913 bits per heavy atom. The van der Waals surface area contributed by atoms with Gasteiger partial charge in [-0.05, 0) is 38.5 Å². The molecule has 7 heteroatoms. The minimum Gasteiger partial charge on any atom is -0.595 e. The van der Waals surface area contributed by atoms with Crippen LogP contribution in [0.1, 0.15) is 92.9 Å². The van der Waals surface area contributed by atoms with Crippen molar-refractivity contribution < 1.29 is 38.4 Å². The average molecular weight is 418 g/mol. The van der Waals surface area contributed by atoms with E-state index in [0.29, 0.717) is 0 Å². The zero-order valence-electron chi connectivity index (χ0n) is 15.9. The smallest absolute Gasteiger partial charge is 0.595 e. The predicted molar refractivity (Wildman–Crippen MR) is 91.7 cm³/mol. The summed E-state index contributed by atoms with van der Waals surface area (Å²) in [5.74, 6) is 0. The molecule has 0 saturated carbocycles. The molecule has 0 aliphatic heterocycles. The quantitative estimate of drug-likeness (QED) is 0.374. The zero-order chi connectivity index (χ0) is 17.8. The zero-order valence-corrected chi connectivity index (χ0v) is 20.6. The molecule has 0 saturated heterocycles. The summed E-state index contributed by atoms with van der Waals surface area (Å²) in [4.78, 5) is 21.8. The summed E-state index contributed by atoms with van der Waals surface area (Å²) in [6.07, 6.45) is 6.49. The topological polar surface area (TPSA) is 80.3 Å². The molecule has 0 heterocycles. The third-order valence-electron chi connectivity index (χ3n) is 4.84. The van der Waals surface area contributed by atoms with Crippen LogP contribution in [0.15, 0.2) is 0 Å². The van der Waals surface area contributed by atoms with Crippen molar-refractivity contribution in [1.82, 2.24) is 0 Å². The fraction of sp³-hybridized carbons (Fsp3) is 1.00. The third kappa shape index (κ3) is 9.13. The van der Waals surface area contributed by atoms with Gasteiger partial charge >= 0.3 is 35.5 Å². The van der Waals surface area contributed by atoms with E-state index in [1.54, 1.807) is 0 Å². The molecule has 132 valence electrons. The first kappa shape index (κ1) is 28.5. The van der Waals surface area contributed by atoms with Crippen molar-refractivity contribution >= 4 is 16.1 Å². The molecule has 0 amide bonds. The number of rotatable bonds is 10. The number of hydrogen-bond acceptors (Lipinski definition) is 4. The van der Waals surface area contributed by atoms with Gasteiger partial charge in [0.15, 0.2) is 10.3 Å². The first-order chi connectivity index (χ1) is 10.3. The van der Waals surface area contributed by atoms with Gasteiger partial charge in [-0.2, -0.15) is 0 Å². The van der Waals surface area contributed by atoms with Crippen LogP contribution in [0.2, 0.25) is 0 Å². The summed E-state index contributed by atoms with van der Waals surface area (Å²) in [5, 5.41) is -0.825. The van der Waals surface area contributed by atoms with Crippen LogP contribution in [-0.4, -0.2) is 10.3 Å². The van der Waals surface area contributed by atoms with Gasteiger partial charge in [-0.3, -0.25) is 0 Å². The molecule has 0 aromatic rings. The van der Waals surface area contributed by atoms with E-state index in [9.17, 15) is 18.9 Å². The van der Waals surface area contributed by atoms with Gasteiger partial charge in [0.1, 0.15) is 0 Å². The van der Waals surface area contributed by atoms with Crippen LogP contribution >= 0.6 is 16.1 Å². The van der Waals surface area contributed by atoms with Gasteiger partial charge in [-0.15, -0.1) is 0 Å². The van der Waals surface area contributed by atoms with Crippen molar-refractivity contribution in [2.45, 2.75) is 103 Å². The minimum atomic E-state index is -2.25. The summed E-state index contributed by atoms with van der Waals surface area (Å²) in [7, 11) is -4.51. The van der Waals surface area contributed by atoms with Crippen molar-refractivity contribution in [3.8, 4) is 0 Å². The molecule has 0 aromatic carbocycles. The van der Waals surface area contributed by atoms with E-state index in [4.69, 9.17) is 0 Å². The van der Waals surface area contributed by atoms with Crippen molar-refractivity contribution in [2.24, 2.45) is 0 Å². The molecule has 0 radical (unpaired) electrons. The average Bonchev–Trinajstić information content (AvgIpc) is 2.50. The largest absolute Gasteiger partial charge is 2.00 e. The predicted octanol–water partition coefficient (Wildman–Crippen LogP) is 4.89. The summed E-state index contributed by atoms with van der Waals surface area (Å²) in [6.45, 7) is 11.8. The van der Waals surface area contributed by atoms with Crippen LogP contribution in [0.5, 0.6) is 0 Å². The van der Waals surface area contributed by atoms with Crippen molar-refractivity contribution in [3.05, 3.63) is 0 Å². The van der Waals surface area contributed by atoms with Gasteiger partial charge in [0.05, 0.1) is 0 Å². The monoisotopic (exact) mass is 416 g/mol. The summed E-state index contributed by atoms with van der Waals surface area (Å²) in [6, 6.07) is 0. The molecule has 4 nitrogen and oxygen atoms in total. The molecular formula is C16H34O4P2Zn+2. The van der Waals surface area contributed by atoms with Gasteiger partial charge in [0, 0.05) is 0 Å². The third-order valence-corrected chi connectivity index (χ3v) is 8.10. The molecule has 0 rings (SSSR count). The molecule has 0 aliphatic carbocycles. The molecule has 2 atom stereocenters. The van der Waals surface area contributed by atoms with Crippen LogP contribution in [0.25, 0.3) is 0 Å². The second kappa shape index (κ2) is 15.0. The maximum atomic E-state index is 10.9. The van der Waals surface area contributed by atoms with Crippen LogP contribution in [-0.2, 0) is 28.6 Å². The van der Waals surface area contributed by atoms with Gasteiger partial charge in [0.25, 0.3) is 0 Å². The van der Waals surface area contributed by atoms with Gasteiger partial charge < -0.3 is 9.79 Å². The van der Waals surface area contributed by atoms with Gasteiger partial charge in [-0.25, -0.2) is 0 Å². The van der Waals surface area contributed by atoms with Crippen LogP contribution in [0.4, 0.5) is 0 Å². The van der Waals surface area contributed by atoms with Gasteiger partial charge in [0.2, 0.25) is 0 Å². The Balaban J connectivity index is -0.000000333. The van der Waals surface area contributed by atoms with E-state index in [-0.39, 0.29) is 19.5 Å². The molecule has 0 aromatic heterocycles. The minimum absolute atomic E-state index is 0. The second-order valence-corrected chi connectivity index (χ2v) is 8.80. The van der Waals surface area contributed by atoms with Crippen LogP contribution in [0.3, 0.4) is 0 Å². The SMILES string of the molecule is CCCC(CC)(CC)[P+](=O)[O-].CCCC(CC)(CC)[P+](=O)[O-].[Zn+2]. The Morgan fingerprint density at radius 2 is 0.870 bits per heavy atom. The van der Waals surface area contributed by atoms with Crippen molar-refractivity contribution in [2.75, 3.05) is 0 Å². The fourth-order valence-corrected chi connectivity index (χ4v) is 4.68. The second-order valence-electron chi connectivity index (χ2n) is 5.88. The Morgan fingerprint density at radius 1 is 0.652 bits per heavy atom. The molecule has 2 unspecified atom stereocenters. The van der Waals surface area contributed by atoms with E-state index in [0.717, 1.165) is 51.4 Å².